The fourth-order valence-corrected chi connectivity index (χ4v) is 1.90. The van der Waals surface area contributed by atoms with E-state index < -0.39 is 0 Å². The Hall–Kier alpha value is -0.810. The Labute approximate surface area is 146 Å². The number of benzene rings is 1. The summed E-state index contributed by atoms with van der Waals surface area (Å²) in [5.74, 6) is -0.222. The summed E-state index contributed by atoms with van der Waals surface area (Å²) in [5, 5.41) is 2.96. The molecule has 6 heteroatoms. The number of rotatable bonds is 7. The van der Waals surface area contributed by atoms with Crippen molar-refractivity contribution < 1.29 is 4.79 Å². The maximum absolute atomic E-state index is 12.1. The van der Waals surface area contributed by atoms with Crippen LogP contribution in [0, 0.1) is 5.92 Å². The normalized spacial score (nSPS) is 13.0. The lowest BCUT2D eigenvalue weighted by molar-refractivity contribution is -0.125. The van der Waals surface area contributed by atoms with Gasteiger partial charge in [0.15, 0.2) is 0 Å². The van der Waals surface area contributed by atoms with Gasteiger partial charge >= 0.3 is 0 Å². The van der Waals surface area contributed by atoms with Crippen molar-refractivity contribution in [1.82, 2.24) is 10.2 Å². The molecule has 2 atom stereocenters. The van der Waals surface area contributed by atoms with Crippen LogP contribution in [0.4, 0.5) is 0 Å². The van der Waals surface area contributed by atoms with E-state index in [1.54, 1.807) is 0 Å². The van der Waals surface area contributed by atoms with Gasteiger partial charge in [-0.3, -0.25) is 4.79 Å². The molecular weight excluding hydrogens is 321 g/mol. The Morgan fingerprint density at radius 1 is 1.18 bits per heavy atom. The molecule has 0 aliphatic heterocycles. The van der Waals surface area contributed by atoms with E-state index in [1.807, 2.05) is 37.3 Å². The highest BCUT2D eigenvalue weighted by Crippen LogP contribution is 2.18. The molecule has 1 rings (SSSR count). The molecule has 0 fully saturated rings. The lowest BCUT2D eigenvalue weighted by Gasteiger charge is -2.23. The fourth-order valence-electron chi connectivity index (χ4n) is 1.90. The second kappa shape index (κ2) is 11.7. The summed E-state index contributed by atoms with van der Waals surface area (Å²) in [5.41, 5.74) is 7.14. The van der Waals surface area contributed by atoms with Crippen LogP contribution in [-0.2, 0) is 4.79 Å². The van der Waals surface area contributed by atoms with Gasteiger partial charge in [-0.2, -0.15) is 0 Å². The smallest absolute Gasteiger partial charge is 0.224 e. The van der Waals surface area contributed by atoms with Crippen LogP contribution in [0.1, 0.15) is 32.4 Å². The molecule has 0 spiro atoms. The molecule has 2 unspecified atom stereocenters. The zero-order valence-electron chi connectivity index (χ0n) is 13.8. The lowest BCUT2D eigenvalue weighted by Crippen LogP contribution is -2.40. The first-order chi connectivity index (χ1) is 9.43. The number of nitrogens with one attached hydrogen (secondary N) is 1. The van der Waals surface area contributed by atoms with Crippen molar-refractivity contribution in [1.29, 1.82) is 0 Å². The van der Waals surface area contributed by atoms with Crippen molar-refractivity contribution >= 4 is 30.7 Å². The second-order valence-corrected chi connectivity index (χ2v) is 5.59. The van der Waals surface area contributed by atoms with Crippen molar-refractivity contribution in [3.63, 3.8) is 0 Å². The van der Waals surface area contributed by atoms with Crippen LogP contribution in [0.2, 0.25) is 0 Å². The zero-order chi connectivity index (χ0) is 15.1. The third-order valence-corrected chi connectivity index (χ3v) is 3.78. The highest BCUT2D eigenvalue weighted by Gasteiger charge is 2.21. The Morgan fingerprint density at radius 3 is 2.23 bits per heavy atom. The number of nitrogens with two attached hydrogens (primary N) is 1. The SMILES string of the molecule is CC(C(=O)NCCN(C)C(C)C)C(N)c1ccccc1.Cl.Cl. The minimum absolute atomic E-state index is 0. The first kappa shape index (κ1) is 23.5. The third-order valence-electron chi connectivity index (χ3n) is 3.78. The molecule has 3 N–H and O–H groups in total. The predicted molar refractivity (Wildman–Crippen MR) is 97.8 cm³/mol. The Kier molecular flexibility index (Phi) is 12.5. The Balaban J connectivity index is 0. The van der Waals surface area contributed by atoms with Crippen molar-refractivity contribution in [3.8, 4) is 0 Å². The Bertz CT molecular complexity index is 415. The van der Waals surface area contributed by atoms with E-state index in [0.717, 1.165) is 12.1 Å². The zero-order valence-corrected chi connectivity index (χ0v) is 15.4. The minimum Gasteiger partial charge on any atom is -0.355 e. The van der Waals surface area contributed by atoms with Crippen LogP contribution < -0.4 is 11.1 Å². The molecule has 128 valence electrons. The molecule has 0 aliphatic carbocycles. The molecule has 0 radical (unpaired) electrons. The number of hydrogen-bond acceptors (Lipinski definition) is 3. The maximum Gasteiger partial charge on any atom is 0.224 e. The number of carbonyl (C=O) groups is 1. The topological polar surface area (TPSA) is 58.4 Å². The standard InChI is InChI=1S/C16H27N3O.2ClH/c1-12(2)19(4)11-10-18-16(20)13(3)15(17)14-8-6-5-7-9-14;;/h5-9,12-13,15H,10-11,17H2,1-4H3,(H,18,20);2*1H. The summed E-state index contributed by atoms with van der Waals surface area (Å²) < 4.78 is 0. The van der Waals surface area contributed by atoms with Crippen molar-refractivity contribution in [2.75, 3.05) is 20.1 Å². The highest BCUT2D eigenvalue weighted by atomic mass is 35.5. The van der Waals surface area contributed by atoms with Crippen molar-refractivity contribution in [2.45, 2.75) is 32.9 Å². The average Bonchev–Trinajstić information content (AvgIpc) is 2.46. The van der Waals surface area contributed by atoms with Gasteiger partial charge in [0.05, 0.1) is 5.92 Å². The summed E-state index contributed by atoms with van der Waals surface area (Å²) in [7, 11) is 2.05. The number of amides is 1. The first-order valence-corrected chi connectivity index (χ1v) is 7.22. The van der Waals surface area contributed by atoms with E-state index >= 15 is 0 Å². The molecule has 1 aromatic rings. The van der Waals surface area contributed by atoms with Crippen LogP contribution in [-0.4, -0.2) is 37.0 Å². The summed E-state index contributed by atoms with van der Waals surface area (Å²) in [4.78, 5) is 14.3. The molecule has 0 bridgehead atoms. The number of nitrogens with zero attached hydrogens (tertiary/aromatic N) is 1. The van der Waals surface area contributed by atoms with Crippen molar-refractivity contribution in [3.05, 3.63) is 35.9 Å². The van der Waals surface area contributed by atoms with Gasteiger partial charge in [-0.25, -0.2) is 0 Å². The van der Waals surface area contributed by atoms with Gasteiger partial charge in [0.25, 0.3) is 0 Å². The van der Waals surface area contributed by atoms with E-state index in [-0.39, 0.29) is 42.7 Å². The van der Waals surface area contributed by atoms with Crippen LogP contribution in [0.25, 0.3) is 0 Å². The van der Waals surface area contributed by atoms with Gasteiger partial charge < -0.3 is 16.0 Å². The molecule has 1 amide bonds. The predicted octanol–water partition coefficient (Wildman–Crippen LogP) is 2.62. The molecule has 0 saturated heterocycles. The molecular formula is C16H29Cl2N3O. The monoisotopic (exact) mass is 349 g/mol. The van der Waals surface area contributed by atoms with Gasteiger partial charge in [-0.15, -0.1) is 24.8 Å². The van der Waals surface area contributed by atoms with Gasteiger partial charge in [-0.05, 0) is 26.5 Å². The van der Waals surface area contributed by atoms with E-state index in [1.165, 1.54) is 0 Å². The lowest BCUT2D eigenvalue weighted by atomic mass is 9.95. The number of carbonyl (C=O) groups excluding carboxylic acids is 1. The quantitative estimate of drug-likeness (QED) is 0.795. The van der Waals surface area contributed by atoms with Crippen LogP contribution in [0.15, 0.2) is 30.3 Å². The third kappa shape index (κ3) is 7.45. The van der Waals surface area contributed by atoms with Crippen LogP contribution >= 0.6 is 24.8 Å². The van der Waals surface area contributed by atoms with Crippen LogP contribution in [0.3, 0.4) is 0 Å². The summed E-state index contributed by atoms with van der Waals surface area (Å²) in [6.45, 7) is 7.64. The summed E-state index contributed by atoms with van der Waals surface area (Å²) in [6, 6.07) is 9.97. The molecule has 4 nitrogen and oxygen atoms in total. The van der Waals surface area contributed by atoms with E-state index in [4.69, 9.17) is 5.73 Å². The van der Waals surface area contributed by atoms with Gasteiger partial charge in [-0.1, -0.05) is 37.3 Å². The van der Waals surface area contributed by atoms with E-state index in [9.17, 15) is 4.79 Å². The van der Waals surface area contributed by atoms with Crippen LogP contribution in [0.5, 0.6) is 0 Å². The number of likely N-dealkylation sites (N-methyl/N-ethyl adjacent to an activating group) is 1. The highest BCUT2D eigenvalue weighted by molar-refractivity contribution is 5.85. The van der Waals surface area contributed by atoms with E-state index in [0.29, 0.717) is 12.6 Å². The second-order valence-electron chi connectivity index (χ2n) is 5.59. The average molecular weight is 350 g/mol. The maximum atomic E-state index is 12.1. The van der Waals surface area contributed by atoms with Gasteiger partial charge in [0, 0.05) is 25.2 Å². The van der Waals surface area contributed by atoms with Gasteiger partial charge in [0.2, 0.25) is 5.91 Å². The molecule has 0 saturated carbocycles. The molecule has 1 aromatic carbocycles. The molecule has 0 heterocycles. The number of hydrogen-bond donors (Lipinski definition) is 2. The van der Waals surface area contributed by atoms with E-state index in [2.05, 4.69) is 31.1 Å². The molecule has 0 aromatic heterocycles. The minimum atomic E-state index is -0.265. The molecule has 0 aliphatic rings. The van der Waals surface area contributed by atoms with Crippen molar-refractivity contribution in [2.24, 2.45) is 11.7 Å². The summed E-state index contributed by atoms with van der Waals surface area (Å²) >= 11 is 0. The summed E-state index contributed by atoms with van der Waals surface area (Å²) in [6.07, 6.45) is 0. The first-order valence-electron chi connectivity index (χ1n) is 7.22. The largest absolute Gasteiger partial charge is 0.355 e. The fraction of sp³-hybridized carbons (Fsp3) is 0.562. The number of halogens is 2. The Morgan fingerprint density at radius 2 is 1.73 bits per heavy atom. The van der Waals surface area contributed by atoms with Gasteiger partial charge in [0.1, 0.15) is 0 Å². The molecule has 22 heavy (non-hydrogen) atoms.